The molecule has 0 fully saturated rings. The van der Waals surface area contributed by atoms with Crippen molar-refractivity contribution in [3.63, 3.8) is 0 Å². The van der Waals surface area contributed by atoms with Gasteiger partial charge in [-0.25, -0.2) is 0 Å². The lowest BCUT2D eigenvalue weighted by atomic mass is 10.0. The van der Waals surface area contributed by atoms with E-state index in [4.69, 9.17) is 5.11 Å². The Morgan fingerprint density at radius 1 is 0.889 bits per heavy atom. The van der Waals surface area contributed by atoms with Crippen molar-refractivity contribution in [3.8, 4) is 0 Å². The van der Waals surface area contributed by atoms with E-state index in [2.05, 4.69) is 29.6 Å². The highest BCUT2D eigenvalue weighted by molar-refractivity contribution is 5.45. The number of hydrogen-bond donors (Lipinski definition) is 2. The normalized spacial score (nSPS) is 12.1. The average molecular weight is 241 g/mol. The van der Waals surface area contributed by atoms with Gasteiger partial charge in [0, 0.05) is 12.3 Å². The molecule has 0 saturated carbocycles. The highest BCUT2D eigenvalue weighted by atomic mass is 16.2. The first kappa shape index (κ1) is 12.7. The lowest BCUT2D eigenvalue weighted by molar-refractivity contribution is 0.281. The Kier molecular flexibility index (Phi) is 4.79. The van der Waals surface area contributed by atoms with Crippen molar-refractivity contribution >= 4 is 5.69 Å². The van der Waals surface area contributed by atoms with E-state index < -0.39 is 0 Å². The number of aliphatic hydroxyl groups excluding tert-OH is 1. The van der Waals surface area contributed by atoms with Crippen LogP contribution in [0.1, 0.15) is 24.4 Å². The van der Waals surface area contributed by atoms with Gasteiger partial charge in [-0.15, -0.1) is 0 Å². The second-order valence-electron chi connectivity index (χ2n) is 4.34. The predicted molar refractivity (Wildman–Crippen MR) is 75.6 cm³/mol. The molecular weight excluding hydrogens is 222 g/mol. The predicted octanol–water partition coefficient (Wildman–Crippen LogP) is 3.61. The zero-order chi connectivity index (χ0) is 12.6. The molecule has 0 aliphatic heterocycles. The summed E-state index contributed by atoms with van der Waals surface area (Å²) in [7, 11) is 0. The van der Waals surface area contributed by atoms with Crippen molar-refractivity contribution in [2.75, 3.05) is 11.9 Å². The van der Waals surface area contributed by atoms with Gasteiger partial charge in [0.1, 0.15) is 0 Å². The highest BCUT2D eigenvalue weighted by Crippen LogP contribution is 2.23. The molecule has 0 radical (unpaired) electrons. The molecule has 2 heteroatoms. The van der Waals surface area contributed by atoms with Crippen LogP contribution in [0.2, 0.25) is 0 Å². The number of aliphatic hydroxyl groups is 1. The molecule has 2 rings (SSSR count). The van der Waals surface area contributed by atoms with Crippen LogP contribution >= 0.6 is 0 Å². The molecule has 94 valence electrons. The minimum atomic E-state index is 0.236. The summed E-state index contributed by atoms with van der Waals surface area (Å²) < 4.78 is 0. The van der Waals surface area contributed by atoms with Crippen molar-refractivity contribution in [2.24, 2.45) is 0 Å². The Balaban J connectivity index is 2.10. The third-order valence-electron chi connectivity index (χ3n) is 2.97. The smallest absolute Gasteiger partial charge is 0.0514 e. The minimum Gasteiger partial charge on any atom is -0.396 e. The van der Waals surface area contributed by atoms with E-state index in [-0.39, 0.29) is 12.6 Å². The van der Waals surface area contributed by atoms with Crippen molar-refractivity contribution in [1.29, 1.82) is 0 Å². The first-order chi connectivity index (χ1) is 8.90. The molecule has 0 heterocycles. The molecule has 1 atom stereocenters. The molecule has 1 unspecified atom stereocenters. The summed E-state index contributed by atoms with van der Waals surface area (Å²) in [6, 6.07) is 20.8. The molecule has 2 aromatic rings. The Hall–Kier alpha value is -1.80. The highest BCUT2D eigenvalue weighted by Gasteiger charge is 2.10. The zero-order valence-electron chi connectivity index (χ0n) is 10.4. The fourth-order valence-corrected chi connectivity index (χ4v) is 2.04. The summed E-state index contributed by atoms with van der Waals surface area (Å²) in [4.78, 5) is 0. The minimum absolute atomic E-state index is 0.236. The van der Waals surface area contributed by atoms with Crippen LogP contribution in [0, 0.1) is 0 Å². The van der Waals surface area contributed by atoms with Crippen molar-refractivity contribution in [3.05, 3.63) is 66.2 Å². The maximum absolute atomic E-state index is 9.00. The molecule has 0 aliphatic rings. The summed E-state index contributed by atoms with van der Waals surface area (Å²) in [6.45, 7) is 0.236. The fourth-order valence-electron chi connectivity index (χ4n) is 2.04. The summed E-state index contributed by atoms with van der Waals surface area (Å²) in [5.41, 5.74) is 2.37. The monoisotopic (exact) mass is 241 g/mol. The van der Waals surface area contributed by atoms with Gasteiger partial charge in [0.15, 0.2) is 0 Å². The van der Waals surface area contributed by atoms with Gasteiger partial charge in [-0.2, -0.15) is 0 Å². The van der Waals surface area contributed by atoms with Crippen LogP contribution in [0.3, 0.4) is 0 Å². The van der Waals surface area contributed by atoms with E-state index in [1.54, 1.807) is 0 Å². The number of benzene rings is 2. The molecule has 0 spiro atoms. The molecule has 0 amide bonds. The molecule has 0 aromatic heterocycles. The molecule has 2 N–H and O–H groups in total. The Morgan fingerprint density at radius 3 is 2.11 bits per heavy atom. The Morgan fingerprint density at radius 2 is 1.50 bits per heavy atom. The number of rotatable bonds is 6. The van der Waals surface area contributed by atoms with Gasteiger partial charge in [0.05, 0.1) is 6.04 Å². The quantitative estimate of drug-likeness (QED) is 0.809. The second-order valence-corrected chi connectivity index (χ2v) is 4.34. The van der Waals surface area contributed by atoms with E-state index in [1.807, 2.05) is 36.4 Å². The van der Waals surface area contributed by atoms with Gasteiger partial charge >= 0.3 is 0 Å². The third kappa shape index (κ3) is 3.60. The first-order valence-corrected chi connectivity index (χ1v) is 6.37. The van der Waals surface area contributed by atoms with Crippen LogP contribution in [-0.4, -0.2) is 11.7 Å². The average Bonchev–Trinajstić information content (AvgIpc) is 2.45. The Labute approximate surface area is 108 Å². The number of nitrogens with one attached hydrogen (secondary N) is 1. The van der Waals surface area contributed by atoms with Crippen molar-refractivity contribution in [2.45, 2.75) is 18.9 Å². The van der Waals surface area contributed by atoms with Crippen LogP contribution in [0.5, 0.6) is 0 Å². The summed E-state index contributed by atoms with van der Waals surface area (Å²) in [6.07, 6.45) is 1.73. The SMILES string of the molecule is OCCCC(Nc1ccccc1)c1ccccc1. The summed E-state index contributed by atoms with van der Waals surface area (Å²) in [5, 5.41) is 12.5. The van der Waals surface area contributed by atoms with Gasteiger partial charge in [0.2, 0.25) is 0 Å². The lowest BCUT2D eigenvalue weighted by Crippen LogP contribution is -2.11. The van der Waals surface area contributed by atoms with E-state index in [1.165, 1.54) is 5.56 Å². The molecular formula is C16H19NO. The molecule has 0 bridgehead atoms. The van der Waals surface area contributed by atoms with Gasteiger partial charge in [0.25, 0.3) is 0 Å². The van der Waals surface area contributed by atoms with Gasteiger partial charge < -0.3 is 10.4 Å². The van der Waals surface area contributed by atoms with E-state index in [0.717, 1.165) is 18.5 Å². The molecule has 18 heavy (non-hydrogen) atoms. The largest absolute Gasteiger partial charge is 0.396 e. The maximum atomic E-state index is 9.00. The molecule has 2 nitrogen and oxygen atoms in total. The first-order valence-electron chi connectivity index (χ1n) is 6.37. The van der Waals surface area contributed by atoms with Crippen LogP contribution in [0.4, 0.5) is 5.69 Å². The molecule has 2 aromatic carbocycles. The number of hydrogen-bond acceptors (Lipinski definition) is 2. The van der Waals surface area contributed by atoms with Crippen LogP contribution in [-0.2, 0) is 0 Å². The maximum Gasteiger partial charge on any atom is 0.0514 e. The third-order valence-corrected chi connectivity index (χ3v) is 2.97. The second kappa shape index (κ2) is 6.82. The standard InChI is InChI=1S/C16H19NO/c18-13-7-12-16(14-8-3-1-4-9-14)17-15-10-5-2-6-11-15/h1-6,8-11,16-18H,7,12-13H2. The Bertz CT molecular complexity index is 441. The van der Waals surface area contributed by atoms with Gasteiger partial charge in [-0.1, -0.05) is 48.5 Å². The summed E-state index contributed by atoms with van der Waals surface area (Å²) >= 11 is 0. The van der Waals surface area contributed by atoms with Crippen LogP contribution < -0.4 is 5.32 Å². The van der Waals surface area contributed by atoms with Crippen LogP contribution in [0.25, 0.3) is 0 Å². The zero-order valence-corrected chi connectivity index (χ0v) is 10.4. The number of para-hydroxylation sites is 1. The number of anilines is 1. The molecule has 0 saturated heterocycles. The van der Waals surface area contributed by atoms with Crippen LogP contribution in [0.15, 0.2) is 60.7 Å². The van der Waals surface area contributed by atoms with Crippen molar-refractivity contribution in [1.82, 2.24) is 0 Å². The topological polar surface area (TPSA) is 32.3 Å². The molecule has 0 aliphatic carbocycles. The summed E-state index contributed by atoms with van der Waals surface area (Å²) in [5.74, 6) is 0. The van der Waals surface area contributed by atoms with E-state index in [0.29, 0.717) is 0 Å². The van der Waals surface area contributed by atoms with E-state index >= 15 is 0 Å². The lowest BCUT2D eigenvalue weighted by Gasteiger charge is -2.20. The van der Waals surface area contributed by atoms with Gasteiger partial charge in [-0.05, 0) is 30.5 Å². The van der Waals surface area contributed by atoms with Gasteiger partial charge in [-0.3, -0.25) is 0 Å². The van der Waals surface area contributed by atoms with Crippen molar-refractivity contribution < 1.29 is 5.11 Å². The van der Waals surface area contributed by atoms with E-state index in [9.17, 15) is 0 Å². The fraction of sp³-hybridized carbons (Fsp3) is 0.250.